The number of benzene rings is 2. The van der Waals surface area contributed by atoms with E-state index in [1.54, 1.807) is 0 Å². The zero-order valence-electron chi connectivity index (χ0n) is 9.25. The maximum Gasteiger partial charge on any atom is 0.00610 e. The SMILES string of the molecule is CC(c1ccccc1)c1ccccc1.OO. The minimum absolute atomic E-state index is 0.484. The van der Waals surface area contributed by atoms with E-state index in [4.69, 9.17) is 10.5 Å². The summed E-state index contributed by atoms with van der Waals surface area (Å²) in [6.45, 7) is 2.24. The Hall–Kier alpha value is -1.64. The number of hydrogen-bond donors (Lipinski definition) is 2. The molecule has 0 bridgehead atoms. The average Bonchev–Trinajstić information content (AvgIpc) is 2.42. The molecule has 0 aliphatic carbocycles. The first-order chi connectivity index (χ1) is 7.88. The van der Waals surface area contributed by atoms with Gasteiger partial charge in [0.1, 0.15) is 0 Å². The highest BCUT2D eigenvalue weighted by atomic mass is 17.0. The zero-order valence-corrected chi connectivity index (χ0v) is 9.25. The molecule has 0 radical (unpaired) electrons. The lowest BCUT2D eigenvalue weighted by atomic mass is 9.93. The summed E-state index contributed by atoms with van der Waals surface area (Å²) in [6.07, 6.45) is 0. The molecule has 2 rings (SSSR count). The number of hydrogen-bond acceptors (Lipinski definition) is 2. The summed E-state index contributed by atoms with van der Waals surface area (Å²) in [7, 11) is 0. The van der Waals surface area contributed by atoms with Gasteiger partial charge in [-0.15, -0.1) is 0 Å². The topological polar surface area (TPSA) is 40.5 Å². The fourth-order valence-corrected chi connectivity index (χ4v) is 1.68. The van der Waals surface area contributed by atoms with Gasteiger partial charge in [0, 0.05) is 5.92 Å². The highest BCUT2D eigenvalue weighted by Crippen LogP contribution is 2.22. The first kappa shape index (κ1) is 12.4. The van der Waals surface area contributed by atoms with E-state index in [-0.39, 0.29) is 0 Å². The molecule has 0 heterocycles. The van der Waals surface area contributed by atoms with Crippen molar-refractivity contribution in [3.63, 3.8) is 0 Å². The molecule has 0 saturated heterocycles. The molecule has 0 amide bonds. The van der Waals surface area contributed by atoms with Crippen LogP contribution in [0.15, 0.2) is 60.7 Å². The van der Waals surface area contributed by atoms with Crippen LogP contribution in [0.3, 0.4) is 0 Å². The van der Waals surface area contributed by atoms with Crippen LogP contribution in [-0.2, 0) is 0 Å². The third-order valence-corrected chi connectivity index (χ3v) is 2.60. The van der Waals surface area contributed by atoms with E-state index in [1.165, 1.54) is 11.1 Å². The van der Waals surface area contributed by atoms with Gasteiger partial charge in [-0.3, -0.25) is 10.5 Å². The Morgan fingerprint density at radius 2 is 1.00 bits per heavy atom. The monoisotopic (exact) mass is 216 g/mol. The Morgan fingerprint density at radius 3 is 1.31 bits per heavy atom. The lowest BCUT2D eigenvalue weighted by Crippen LogP contribution is -1.94. The summed E-state index contributed by atoms with van der Waals surface area (Å²) in [6, 6.07) is 21.2. The minimum atomic E-state index is 0.484. The normalized spacial score (nSPS) is 9.50. The van der Waals surface area contributed by atoms with Crippen LogP contribution < -0.4 is 0 Å². The molecule has 16 heavy (non-hydrogen) atoms. The molecule has 2 nitrogen and oxygen atoms in total. The average molecular weight is 216 g/mol. The molecule has 0 spiro atoms. The van der Waals surface area contributed by atoms with Crippen molar-refractivity contribution in [1.82, 2.24) is 0 Å². The van der Waals surface area contributed by atoms with Gasteiger partial charge in [0.2, 0.25) is 0 Å². The second kappa shape index (κ2) is 6.77. The lowest BCUT2D eigenvalue weighted by molar-refractivity contribution is -0.176. The second-order valence-corrected chi connectivity index (χ2v) is 3.54. The Bertz CT molecular complexity index is 344. The van der Waals surface area contributed by atoms with Crippen LogP contribution in [0.25, 0.3) is 0 Å². The molecule has 2 N–H and O–H groups in total. The van der Waals surface area contributed by atoms with Crippen molar-refractivity contribution in [3.05, 3.63) is 71.8 Å². The Balaban J connectivity index is 0.000000606. The second-order valence-electron chi connectivity index (χ2n) is 3.54. The Morgan fingerprint density at radius 1 is 0.688 bits per heavy atom. The summed E-state index contributed by atoms with van der Waals surface area (Å²) in [4.78, 5) is 0. The molecular weight excluding hydrogens is 200 g/mol. The minimum Gasteiger partial charge on any atom is -0.255 e. The van der Waals surface area contributed by atoms with Crippen LogP contribution in [0.5, 0.6) is 0 Å². The quantitative estimate of drug-likeness (QED) is 0.591. The van der Waals surface area contributed by atoms with E-state index in [2.05, 4.69) is 67.6 Å². The lowest BCUT2D eigenvalue weighted by Gasteiger charge is -2.11. The summed E-state index contributed by atoms with van der Waals surface area (Å²) in [5, 5.41) is 12.0. The maximum atomic E-state index is 6.00. The summed E-state index contributed by atoms with van der Waals surface area (Å²) in [5.41, 5.74) is 2.75. The molecule has 0 fully saturated rings. The van der Waals surface area contributed by atoms with Gasteiger partial charge in [-0.1, -0.05) is 67.6 Å². The van der Waals surface area contributed by atoms with Crippen LogP contribution in [-0.4, -0.2) is 10.5 Å². The highest BCUT2D eigenvalue weighted by molar-refractivity contribution is 5.31. The van der Waals surface area contributed by atoms with Gasteiger partial charge in [0.15, 0.2) is 0 Å². The number of rotatable bonds is 2. The van der Waals surface area contributed by atoms with Gasteiger partial charge in [-0.25, -0.2) is 0 Å². The highest BCUT2D eigenvalue weighted by Gasteiger charge is 2.05. The fourth-order valence-electron chi connectivity index (χ4n) is 1.68. The molecular formula is C14H16O2. The molecule has 0 saturated carbocycles. The van der Waals surface area contributed by atoms with Crippen molar-refractivity contribution in [1.29, 1.82) is 0 Å². The summed E-state index contributed by atoms with van der Waals surface area (Å²) < 4.78 is 0. The molecule has 0 atom stereocenters. The van der Waals surface area contributed by atoms with Gasteiger partial charge >= 0.3 is 0 Å². The van der Waals surface area contributed by atoms with E-state index in [0.29, 0.717) is 5.92 Å². The third kappa shape index (κ3) is 3.19. The van der Waals surface area contributed by atoms with Gasteiger partial charge < -0.3 is 0 Å². The zero-order chi connectivity index (χ0) is 11.8. The molecule has 0 aliphatic heterocycles. The first-order valence-corrected chi connectivity index (χ1v) is 5.18. The van der Waals surface area contributed by atoms with Gasteiger partial charge in [-0.2, -0.15) is 0 Å². The van der Waals surface area contributed by atoms with E-state index in [9.17, 15) is 0 Å². The van der Waals surface area contributed by atoms with Gasteiger partial charge in [0.05, 0.1) is 0 Å². The smallest absolute Gasteiger partial charge is 0.00610 e. The maximum absolute atomic E-state index is 6.00. The van der Waals surface area contributed by atoms with Crippen molar-refractivity contribution in [2.45, 2.75) is 12.8 Å². The molecule has 2 heteroatoms. The molecule has 2 aromatic carbocycles. The van der Waals surface area contributed by atoms with Crippen molar-refractivity contribution in [2.24, 2.45) is 0 Å². The molecule has 84 valence electrons. The Labute approximate surface area is 95.7 Å². The van der Waals surface area contributed by atoms with Crippen molar-refractivity contribution in [2.75, 3.05) is 0 Å². The first-order valence-electron chi connectivity index (χ1n) is 5.18. The van der Waals surface area contributed by atoms with E-state index in [1.807, 2.05) is 0 Å². The molecule has 2 aromatic rings. The van der Waals surface area contributed by atoms with Crippen LogP contribution in [0.1, 0.15) is 24.0 Å². The van der Waals surface area contributed by atoms with E-state index in [0.717, 1.165) is 0 Å². The third-order valence-electron chi connectivity index (χ3n) is 2.60. The predicted octanol–water partition coefficient (Wildman–Crippen LogP) is 3.86. The predicted molar refractivity (Wildman–Crippen MR) is 65.7 cm³/mol. The van der Waals surface area contributed by atoms with Crippen LogP contribution in [0.4, 0.5) is 0 Å². The Kier molecular flexibility index (Phi) is 5.26. The van der Waals surface area contributed by atoms with Crippen LogP contribution >= 0.6 is 0 Å². The fraction of sp³-hybridized carbons (Fsp3) is 0.143. The largest absolute Gasteiger partial charge is 0.255 e. The van der Waals surface area contributed by atoms with Crippen molar-refractivity contribution < 1.29 is 10.5 Å². The van der Waals surface area contributed by atoms with E-state index < -0.39 is 0 Å². The van der Waals surface area contributed by atoms with Gasteiger partial charge in [-0.05, 0) is 11.1 Å². The van der Waals surface area contributed by atoms with Crippen LogP contribution in [0, 0.1) is 0 Å². The molecule has 0 aliphatic rings. The molecule has 0 unspecified atom stereocenters. The summed E-state index contributed by atoms with van der Waals surface area (Å²) in [5.74, 6) is 0.484. The van der Waals surface area contributed by atoms with E-state index >= 15 is 0 Å². The van der Waals surface area contributed by atoms with Crippen LogP contribution in [0.2, 0.25) is 0 Å². The summed E-state index contributed by atoms with van der Waals surface area (Å²) >= 11 is 0. The standard InChI is InChI=1S/C14H14.H2O2/c1-12(13-8-4-2-5-9-13)14-10-6-3-7-11-14;1-2/h2-12H,1H3;1-2H. The van der Waals surface area contributed by atoms with Crippen molar-refractivity contribution in [3.8, 4) is 0 Å². The van der Waals surface area contributed by atoms with Gasteiger partial charge in [0.25, 0.3) is 0 Å². The molecule has 0 aromatic heterocycles. The van der Waals surface area contributed by atoms with Crippen molar-refractivity contribution >= 4 is 0 Å².